The van der Waals surface area contributed by atoms with Crippen molar-refractivity contribution in [1.29, 1.82) is 0 Å². The SMILES string of the molecule is CO[C@@H]1O[C@H](C#C[C@@H]2O[C@H](CC[C@@H]3O[C@H](COCc4ccccc4)[C@H](OCc4ccccc4)[C@H](OCc4ccccc4)[C@H]3OCc3ccccc3)[C@H](OCc3ccccc3)[C@H](OCc3ccccc3)[C@H]2OCc2ccccc2)[C@H](OCc2ccccc2)[C@H](OCc2ccccc2)[C@H]1OCc1ccccc1. The van der Waals surface area contributed by atoms with Gasteiger partial charge in [-0.1, -0.05) is 315 Å². The van der Waals surface area contributed by atoms with E-state index in [0.717, 1.165) is 55.6 Å². The van der Waals surface area contributed by atoms with Crippen LogP contribution in [0.2, 0.25) is 0 Å². The van der Waals surface area contributed by atoms with Crippen molar-refractivity contribution < 1.29 is 66.3 Å². The van der Waals surface area contributed by atoms with E-state index in [1.54, 1.807) is 7.11 Å². The van der Waals surface area contributed by atoms with E-state index in [1.807, 2.05) is 231 Å². The monoisotopic (exact) mass is 1410 g/mol. The first-order chi connectivity index (χ1) is 52.0. The van der Waals surface area contributed by atoms with Gasteiger partial charge in [-0.2, -0.15) is 0 Å². The third-order valence-corrected chi connectivity index (χ3v) is 19.2. The first kappa shape index (κ1) is 74.5. The maximum absolute atomic E-state index is 7.69. The Balaban J connectivity index is 0.902. The zero-order valence-corrected chi connectivity index (χ0v) is 59.4. The molecular weight excluding hydrogens is 1320 g/mol. The van der Waals surface area contributed by atoms with E-state index in [9.17, 15) is 0 Å². The predicted molar refractivity (Wildman–Crippen MR) is 401 cm³/mol. The van der Waals surface area contributed by atoms with Crippen molar-refractivity contribution in [3.8, 4) is 11.8 Å². The molecule has 105 heavy (non-hydrogen) atoms. The average molecular weight is 1410 g/mol. The van der Waals surface area contributed by atoms with Crippen molar-refractivity contribution >= 4 is 0 Å². The lowest BCUT2D eigenvalue weighted by molar-refractivity contribution is -0.307. The summed E-state index contributed by atoms with van der Waals surface area (Å²) < 4.78 is 100. The average Bonchev–Trinajstić information content (AvgIpc) is 0.804. The molecule has 0 unspecified atom stereocenters. The first-order valence-corrected chi connectivity index (χ1v) is 36.5. The molecule has 3 saturated heterocycles. The molecule has 0 N–H and O–H groups in total. The molecule has 0 spiro atoms. The molecule has 0 radical (unpaired) electrons. The van der Waals surface area contributed by atoms with Crippen LogP contribution in [-0.2, 0) is 132 Å². The van der Waals surface area contributed by atoms with Crippen LogP contribution in [0.4, 0.5) is 0 Å². The van der Waals surface area contributed by atoms with Crippen molar-refractivity contribution in [2.24, 2.45) is 0 Å². The van der Waals surface area contributed by atoms with Crippen LogP contribution in [0.25, 0.3) is 0 Å². The van der Waals surface area contributed by atoms with Crippen LogP contribution in [-0.4, -0.2) is 105 Å². The van der Waals surface area contributed by atoms with E-state index >= 15 is 0 Å². The summed E-state index contributed by atoms with van der Waals surface area (Å²) in [5.41, 5.74) is 9.85. The number of benzene rings is 10. The fourth-order valence-corrected chi connectivity index (χ4v) is 13.7. The van der Waals surface area contributed by atoms with E-state index in [-0.39, 0.29) is 59.5 Å². The van der Waals surface area contributed by atoms with Gasteiger partial charge in [0.2, 0.25) is 0 Å². The van der Waals surface area contributed by atoms with E-state index < -0.39 is 91.7 Å². The molecule has 13 rings (SSSR count). The number of ether oxygens (including phenoxy) is 14. The molecular formula is C91H94O14. The molecule has 14 heteroatoms. The topological polar surface area (TPSA) is 129 Å². The second-order valence-corrected chi connectivity index (χ2v) is 26.7. The molecule has 3 fully saturated rings. The summed E-state index contributed by atoms with van der Waals surface area (Å²) in [6.07, 6.45) is -10.8. The highest BCUT2D eigenvalue weighted by atomic mass is 16.7. The van der Waals surface area contributed by atoms with Gasteiger partial charge in [0.15, 0.2) is 6.29 Å². The third kappa shape index (κ3) is 21.9. The summed E-state index contributed by atoms with van der Waals surface area (Å²) in [7, 11) is 1.61. The van der Waals surface area contributed by atoms with Gasteiger partial charge >= 0.3 is 0 Å². The highest BCUT2D eigenvalue weighted by Crippen LogP contribution is 2.38. The molecule has 542 valence electrons. The summed E-state index contributed by atoms with van der Waals surface area (Å²) in [6, 6.07) is 101. The molecule has 10 aromatic carbocycles. The third-order valence-electron chi connectivity index (χ3n) is 19.2. The van der Waals surface area contributed by atoms with Gasteiger partial charge < -0.3 is 66.3 Å². The molecule has 3 aliphatic heterocycles. The molecule has 0 amide bonds. The molecule has 0 bridgehead atoms. The summed E-state index contributed by atoms with van der Waals surface area (Å²) in [5, 5.41) is 0. The van der Waals surface area contributed by atoms with Crippen LogP contribution in [0.3, 0.4) is 0 Å². The van der Waals surface area contributed by atoms with Gasteiger partial charge in [-0.05, 0) is 68.5 Å². The van der Waals surface area contributed by atoms with E-state index in [0.29, 0.717) is 26.1 Å². The smallest absolute Gasteiger partial charge is 0.187 e. The van der Waals surface area contributed by atoms with Gasteiger partial charge in [-0.15, -0.1) is 0 Å². The molecule has 3 heterocycles. The predicted octanol–water partition coefficient (Wildman–Crippen LogP) is 16.2. The first-order valence-electron chi connectivity index (χ1n) is 36.5. The number of hydrogen-bond acceptors (Lipinski definition) is 14. The van der Waals surface area contributed by atoms with Gasteiger partial charge in [0.25, 0.3) is 0 Å². The van der Waals surface area contributed by atoms with Crippen LogP contribution in [0.1, 0.15) is 68.5 Å². The lowest BCUT2D eigenvalue weighted by Gasteiger charge is -2.48. The van der Waals surface area contributed by atoms with E-state index in [2.05, 4.69) is 84.6 Å². The second kappa shape index (κ2) is 40.1. The van der Waals surface area contributed by atoms with Crippen LogP contribution < -0.4 is 0 Å². The van der Waals surface area contributed by atoms with E-state index in [1.165, 1.54) is 0 Å². The van der Waals surface area contributed by atoms with Gasteiger partial charge in [0.1, 0.15) is 73.2 Å². The molecule has 15 atom stereocenters. The van der Waals surface area contributed by atoms with Gasteiger partial charge in [-0.25, -0.2) is 0 Å². The maximum Gasteiger partial charge on any atom is 0.187 e. The summed E-state index contributed by atoms with van der Waals surface area (Å²) in [4.78, 5) is 0. The lowest BCUT2D eigenvalue weighted by atomic mass is 9.87. The Morgan fingerprint density at radius 2 is 0.448 bits per heavy atom. The Labute approximate surface area is 618 Å². The lowest BCUT2D eigenvalue weighted by Crippen LogP contribution is -2.62. The number of rotatable bonds is 35. The Morgan fingerprint density at radius 3 is 0.743 bits per heavy atom. The van der Waals surface area contributed by atoms with Crippen molar-refractivity contribution in [2.45, 2.75) is 171 Å². The molecule has 0 aromatic heterocycles. The highest BCUT2D eigenvalue weighted by molar-refractivity contribution is 5.25. The summed E-state index contributed by atoms with van der Waals surface area (Å²) >= 11 is 0. The highest BCUT2D eigenvalue weighted by Gasteiger charge is 2.53. The van der Waals surface area contributed by atoms with Gasteiger partial charge in [0.05, 0.1) is 84.9 Å². The zero-order valence-electron chi connectivity index (χ0n) is 59.4. The Kier molecular flexibility index (Phi) is 28.4. The quantitative estimate of drug-likeness (QED) is 0.0349. The number of hydrogen-bond donors (Lipinski definition) is 0. The van der Waals surface area contributed by atoms with Crippen molar-refractivity contribution in [3.63, 3.8) is 0 Å². The minimum absolute atomic E-state index is 0.193. The van der Waals surface area contributed by atoms with Crippen LogP contribution >= 0.6 is 0 Å². The fraction of sp³-hybridized carbons (Fsp3) is 0.319. The largest absolute Gasteiger partial charge is 0.374 e. The van der Waals surface area contributed by atoms with Gasteiger partial charge in [0, 0.05) is 7.11 Å². The zero-order chi connectivity index (χ0) is 71.3. The van der Waals surface area contributed by atoms with Crippen LogP contribution in [0.15, 0.2) is 303 Å². The minimum Gasteiger partial charge on any atom is -0.374 e. The standard InChI is InChI=1S/C91H94O14/c1-92-91-90(102-65-76-50-30-11-31-51-76)89(101-64-75-48-28-10-29-49-75)85(97-60-71-40-20-6-21-41-71)80(105-91)55-54-78-83(95-58-69-36-16-4-17-37-69)87(99-62-73-44-24-8-25-45-73)82(94-57-68-34-14-3-15-35-68)77(103-78)52-53-79-84(96-59-70-38-18-5-19-39-70)88(100-63-74-46-26-9-27-47-74)86(98-61-72-42-22-7-23-43-72)81(104-79)66-93-56-67-32-12-2-13-33-67/h2-51,77-91H,52-53,56-66H2,1H3/t77-,78+,79+,80-,81-,82+,83+,84+,85+,86+,87+,88-,89+,90-,91-/m1/s1. The molecule has 0 aliphatic carbocycles. The van der Waals surface area contributed by atoms with E-state index in [4.69, 9.17) is 66.3 Å². The molecule has 10 aromatic rings. The van der Waals surface area contributed by atoms with Crippen molar-refractivity contribution in [3.05, 3.63) is 359 Å². The van der Waals surface area contributed by atoms with Crippen LogP contribution in [0, 0.1) is 11.8 Å². The fourth-order valence-electron chi connectivity index (χ4n) is 13.7. The normalized spacial score (nSPS) is 24.5. The Morgan fingerprint density at radius 1 is 0.229 bits per heavy atom. The maximum atomic E-state index is 7.69. The molecule has 0 saturated carbocycles. The Hall–Kier alpha value is -8.80. The minimum atomic E-state index is -0.972. The molecule has 3 aliphatic rings. The molecule has 14 nitrogen and oxygen atoms in total. The van der Waals surface area contributed by atoms with Crippen LogP contribution in [0.5, 0.6) is 0 Å². The van der Waals surface area contributed by atoms with Crippen molar-refractivity contribution in [2.75, 3.05) is 13.7 Å². The Bertz CT molecular complexity index is 4090. The van der Waals surface area contributed by atoms with Gasteiger partial charge in [-0.3, -0.25) is 0 Å². The number of methoxy groups -OCH3 is 1. The second-order valence-electron chi connectivity index (χ2n) is 26.7. The summed E-state index contributed by atoms with van der Waals surface area (Å²) in [6.45, 7) is 2.81. The summed E-state index contributed by atoms with van der Waals surface area (Å²) in [5.74, 6) is 7.29. The van der Waals surface area contributed by atoms with Crippen molar-refractivity contribution in [1.82, 2.24) is 0 Å².